The minimum Gasteiger partial charge on any atom is -0.353 e. The first-order valence-corrected chi connectivity index (χ1v) is 4.61. The molecule has 1 fully saturated rings. The Labute approximate surface area is 73.6 Å². The lowest BCUT2D eigenvalue weighted by Gasteiger charge is -2.04. The summed E-state index contributed by atoms with van der Waals surface area (Å²) < 4.78 is 2.17. The summed E-state index contributed by atoms with van der Waals surface area (Å²) in [6.07, 6.45) is 3.44. The van der Waals surface area contributed by atoms with Crippen LogP contribution in [0, 0.1) is 5.92 Å². The Morgan fingerprint density at radius 3 is 2.92 bits per heavy atom. The van der Waals surface area contributed by atoms with Gasteiger partial charge in [-0.25, -0.2) is 0 Å². The zero-order valence-corrected chi connectivity index (χ0v) is 7.75. The molecular formula is C10H16N2. The van der Waals surface area contributed by atoms with Crippen LogP contribution in [0.2, 0.25) is 0 Å². The summed E-state index contributed by atoms with van der Waals surface area (Å²) >= 11 is 0. The molecular weight excluding hydrogens is 148 g/mol. The molecule has 1 aromatic rings. The van der Waals surface area contributed by atoms with Crippen LogP contribution in [0.4, 0.5) is 0 Å². The van der Waals surface area contributed by atoms with E-state index in [9.17, 15) is 0 Å². The van der Waals surface area contributed by atoms with Crippen molar-refractivity contribution in [3.63, 3.8) is 0 Å². The van der Waals surface area contributed by atoms with E-state index in [2.05, 4.69) is 42.2 Å². The standard InChI is InChI=1S/C10H16N2/c1-8-6-10(8)11-7-9-4-3-5-12(9)2/h3-5,8,10-11H,6-7H2,1-2H3. The number of nitrogens with zero attached hydrogens (tertiary/aromatic N) is 1. The van der Waals surface area contributed by atoms with Crippen LogP contribution in [-0.2, 0) is 13.6 Å². The number of nitrogens with one attached hydrogen (secondary N) is 1. The number of hydrogen-bond acceptors (Lipinski definition) is 1. The van der Waals surface area contributed by atoms with Crippen molar-refractivity contribution in [2.45, 2.75) is 25.9 Å². The molecule has 1 N–H and O–H groups in total. The van der Waals surface area contributed by atoms with Crippen molar-refractivity contribution in [2.24, 2.45) is 13.0 Å². The van der Waals surface area contributed by atoms with Crippen molar-refractivity contribution in [2.75, 3.05) is 0 Å². The van der Waals surface area contributed by atoms with Crippen molar-refractivity contribution in [3.05, 3.63) is 24.0 Å². The summed E-state index contributed by atoms with van der Waals surface area (Å²) in [6, 6.07) is 5.04. The third-order valence-electron chi connectivity index (χ3n) is 2.71. The van der Waals surface area contributed by atoms with Gasteiger partial charge in [-0.05, 0) is 24.5 Å². The first-order chi connectivity index (χ1) is 5.77. The zero-order valence-electron chi connectivity index (χ0n) is 7.75. The molecule has 0 bridgehead atoms. The Kier molecular flexibility index (Phi) is 1.93. The minimum absolute atomic E-state index is 0.778. The Morgan fingerprint density at radius 1 is 1.67 bits per heavy atom. The Bertz CT molecular complexity index is 265. The van der Waals surface area contributed by atoms with E-state index in [0.29, 0.717) is 0 Å². The van der Waals surface area contributed by atoms with E-state index in [0.717, 1.165) is 18.5 Å². The third-order valence-corrected chi connectivity index (χ3v) is 2.71. The maximum Gasteiger partial charge on any atom is 0.0361 e. The predicted octanol–water partition coefficient (Wildman–Crippen LogP) is 1.52. The van der Waals surface area contributed by atoms with E-state index in [1.807, 2.05) is 0 Å². The summed E-state index contributed by atoms with van der Waals surface area (Å²) in [5.74, 6) is 0.894. The molecule has 2 atom stereocenters. The Hall–Kier alpha value is -0.760. The molecule has 0 amide bonds. The van der Waals surface area contributed by atoms with Crippen LogP contribution in [0.15, 0.2) is 18.3 Å². The molecule has 0 aromatic carbocycles. The summed E-state index contributed by atoms with van der Waals surface area (Å²) in [4.78, 5) is 0. The van der Waals surface area contributed by atoms with Crippen molar-refractivity contribution < 1.29 is 0 Å². The van der Waals surface area contributed by atoms with Crippen LogP contribution in [0.3, 0.4) is 0 Å². The number of aromatic nitrogens is 1. The van der Waals surface area contributed by atoms with E-state index >= 15 is 0 Å². The number of hydrogen-bond donors (Lipinski definition) is 1. The summed E-state index contributed by atoms with van der Waals surface area (Å²) in [6.45, 7) is 3.31. The van der Waals surface area contributed by atoms with Crippen LogP contribution >= 0.6 is 0 Å². The van der Waals surface area contributed by atoms with Crippen molar-refractivity contribution >= 4 is 0 Å². The van der Waals surface area contributed by atoms with Crippen LogP contribution in [0.5, 0.6) is 0 Å². The van der Waals surface area contributed by atoms with Crippen molar-refractivity contribution in [1.82, 2.24) is 9.88 Å². The smallest absolute Gasteiger partial charge is 0.0361 e. The fourth-order valence-electron chi connectivity index (χ4n) is 1.52. The molecule has 1 aliphatic rings. The second-order valence-electron chi connectivity index (χ2n) is 3.81. The lowest BCUT2D eigenvalue weighted by atomic mass is 10.4. The summed E-state index contributed by atoms with van der Waals surface area (Å²) in [5, 5.41) is 3.53. The van der Waals surface area contributed by atoms with Gasteiger partial charge in [0.25, 0.3) is 0 Å². The minimum atomic E-state index is 0.778. The van der Waals surface area contributed by atoms with Gasteiger partial charge in [0.15, 0.2) is 0 Å². The highest BCUT2D eigenvalue weighted by atomic mass is 15.0. The Balaban J connectivity index is 1.84. The first-order valence-electron chi connectivity index (χ1n) is 4.61. The molecule has 2 rings (SSSR count). The molecule has 1 saturated carbocycles. The molecule has 2 nitrogen and oxygen atoms in total. The molecule has 2 unspecified atom stereocenters. The van der Waals surface area contributed by atoms with Gasteiger partial charge in [0.2, 0.25) is 0 Å². The van der Waals surface area contributed by atoms with Gasteiger partial charge in [-0.15, -0.1) is 0 Å². The first kappa shape index (κ1) is 7.87. The van der Waals surface area contributed by atoms with Crippen LogP contribution in [0.25, 0.3) is 0 Å². The second kappa shape index (κ2) is 2.94. The second-order valence-corrected chi connectivity index (χ2v) is 3.81. The SMILES string of the molecule is CC1CC1NCc1cccn1C. The van der Waals surface area contributed by atoms with Crippen LogP contribution < -0.4 is 5.32 Å². The molecule has 1 heterocycles. The fraction of sp³-hybridized carbons (Fsp3) is 0.600. The van der Waals surface area contributed by atoms with Gasteiger partial charge in [0.05, 0.1) is 0 Å². The van der Waals surface area contributed by atoms with Gasteiger partial charge in [-0.3, -0.25) is 0 Å². The summed E-state index contributed by atoms with van der Waals surface area (Å²) in [7, 11) is 2.09. The van der Waals surface area contributed by atoms with Gasteiger partial charge >= 0.3 is 0 Å². The quantitative estimate of drug-likeness (QED) is 0.716. The van der Waals surface area contributed by atoms with Crippen molar-refractivity contribution in [1.29, 1.82) is 0 Å². The van der Waals surface area contributed by atoms with Gasteiger partial charge in [0, 0.05) is 31.5 Å². The lowest BCUT2D eigenvalue weighted by molar-refractivity contribution is 0.625. The lowest BCUT2D eigenvalue weighted by Crippen LogP contribution is -2.18. The van der Waals surface area contributed by atoms with E-state index < -0.39 is 0 Å². The Morgan fingerprint density at radius 2 is 2.42 bits per heavy atom. The predicted molar refractivity (Wildman–Crippen MR) is 49.8 cm³/mol. The highest BCUT2D eigenvalue weighted by Crippen LogP contribution is 2.29. The topological polar surface area (TPSA) is 17.0 Å². The average Bonchev–Trinajstić information content (AvgIpc) is 2.57. The number of aryl methyl sites for hydroxylation is 1. The van der Waals surface area contributed by atoms with Gasteiger partial charge in [-0.2, -0.15) is 0 Å². The fourth-order valence-corrected chi connectivity index (χ4v) is 1.52. The monoisotopic (exact) mass is 164 g/mol. The largest absolute Gasteiger partial charge is 0.353 e. The molecule has 0 radical (unpaired) electrons. The van der Waals surface area contributed by atoms with E-state index in [-0.39, 0.29) is 0 Å². The molecule has 0 saturated heterocycles. The molecule has 0 aliphatic heterocycles. The van der Waals surface area contributed by atoms with E-state index in [1.165, 1.54) is 12.1 Å². The molecule has 0 spiro atoms. The van der Waals surface area contributed by atoms with E-state index in [1.54, 1.807) is 0 Å². The van der Waals surface area contributed by atoms with Crippen LogP contribution in [0.1, 0.15) is 19.0 Å². The van der Waals surface area contributed by atoms with Gasteiger partial charge in [0.1, 0.15) is 0 Å². The molecule has 1 aliphatic carbocycles. The van der Waals surface area contributed by atoms with Gasteiger partial charge in [-0.1, -0.05) is 6.92 Å². The normalized spacial score (nSPS) is 27.5. The highest BCUT2D eigenvalue weighted by Gasteiger charge is 2.31. The van der Waals surface area contributed by atoms with Crippen LogP contribution in [-0.4, -0.2) is 10.6 Å². The highest BCUT2D eigenvalue weighted by molar-refractivity contribution is 5.07. The van der Waals surface area contributed by atoms with Gasteiger partial charge < -0.3 is 9.88 Å². The molecule has 66 valence electrons. The number of rotatable bonds is 3. The summed E-state index contributed by atoms with van der Waals surface area (Å²) in [5.41, 5.74) is 1.37. The maximum atomic E-state index is 3.53. The van der Waals surface area contributed by atoms with Crippen molar-refractivity contribution in [3.8, 4) is 0 Å². The third kappa shape index (κ3) is 1.53. The average molecular weight is 164 g/mol. The molecule has 1 aromatic heterocycles. The zero-order chi connectivity index (χ0) is 8.55. The van der Waals surface area contributed by atoms with E-state index in [4.69, 9.17) is 0 Å². The molecule has 12 heavy (non-hydrogen) atoms. The maximum absolute atomic E-state index is 3.53. The molecule has 2 heteroatoms.